The lowest BCUT2D eigenvalue weighted by molar-refractivity contribution is -0.104. The van der Waals surface area contributed by atoms with Gasteiger partial charge in [0.05, 0.1) is 0 Å². The summed E-state index contributed by atoms with van der Waals surface area (Å²) in [5, 5.41) is 0.434. The number of aldehydes is 1. The molecule has 0 radical (unpaired) electrons. The fraction of sp³-hybridized carbons (Fsp3) is 0.286. The van der Waals surface area contributed by atoms with E-state index in [0.717, 1.165) is 0 Å². The Morgan fingerprint density at radius 1 is 1.50 bits per heavy atom. The van der Waals surface area contributed by atoms with Crippen LogP contribution in [0.15, 0.2) is 23.4 Å². The number of rotatable bonds is 3. The van der Waals surface area contributed by atoms with Gasteiger partial charge in [0, 0.05) is 19.1 Å². The van der Waals surface area contributed by atoms with Gasteiger partial charge in [-0.05, 0) is 18.4 Å². The summed E-state index contributed by atoms with van der Waals surface area (Å²) in [4.78, 5) is 11.7. The molecular formula is C7H10ClNO. The third-order valence-electron chi connectivity index (χ3n) is 0.759. The number of hydrogen-bond donors (Lipinski definition) is 0. The number of carbonyl (C=O) groups excluding carboxylic acids is 1. The molecule has 0 heterocycles. The van der Waals surface area contributed by atoms with Gasteiger partial charge in [-0.15, -0.1) is 0 Å². The Labute approximate surface area is 65.8 Å². The van der Waals surface area contributed by atoms with Crippen LogP contribution in [0.25, 0.3) is 0 Å². The van der Waals surface area contributed by atoms with Gasteiger partial charge in [-0.25, -0.2) is 0 Å². The number of halogens is 1. The maximum atomic E-state index is 9.85. The van der Waals surface area contributed by atoms with Gasteiger partial charge in [-0.2, -0.15) is 0 Å². The minimum Gasteiger partial charge on any atom is -0.383 e. The smallest absolute Gasteiger partial charge is 0.144 e. The van der Waals surface area contributed by atoms with Crippen LogP contribution in [0.5, 0.6) is 0 Å². The monoisotopic (exact) mass is 159 g/mol. The Morgan fingerprint density at radius 3 is 2.50 bits per heavy atom. The fourth-order valence-corrected chi connectivity index (χ4v) is 0.449. The third kappa shape index (κ3) is 5.38. The zero-order chi connectivity index (χ0) is 7.98. The molecule has 0 saturated heterocycles. The third-order valence-corrected chi connectivity index (χ3v) is 1.01. The zero-order valence-electron chi connectivity index (χ0n) is 6.04. The Bertz CT molecular complexity index is 161. The molecule has 0 aliphatic heterocycles. The van der Waals surface area contributed by atoms with Crippen LogP contribution in [0, 0.1) is 0 Å². The van der Waals surface area contributed by atoms with E-state index in [2.05, 4.69) is 0 Å². The standard InChI is InChI=1S/C7H10ClNO/c1-9(2)5-3-7(8)4-6-10/h3-6H,1-2H3/b5-3+,7-4-. The molecule has 0 aliphatic carbocycles. The highest BCUT2D eigenvalue weighted by Crippen LogP contribution is 2.00. The quantitative estimate of drug-likeness (QED) is 0.352. The summed E-state index contributed by atoms with van der Waals surface area (Å²) in [6.07, 6.45) is 5.36. The maximum Gasteiger partial charge on any atom is 0.144 e. The van der Waals surface area contributed by atoms with E-state index in [1.807, 2.05) is 19.0 Å². The second-order valence-electron chi connectivity index (χ2n) is 1.97. The first kappa shape index (κ1) is 9.24. The van der Waals surface area contributed by atoms with E-state index >= 15 is 0 Å². The van der Waals surface area contributed by atoms with E-state index in [1.165, 1.54) is 6.08 Å². The summed E-state index contributed by atoms with van der Waals surface area (Å²) >= 11 is 5.54. The first-order valence-corrected chi connectivity index (χ1v) is 3.20. The number of nitrogens with zero attached hydrogens (tertiary/aromatic N) is 1. The van der Waals surface area contributed by atoms with E-state index < -0.39 is 0 Å². The molecule has 0 bridgehead atoms. The number of allylic oxidation sites excluding steroid dienone is 3. The first-order chi connectivity index (χ1) is 4.66. The normalized spacial score (nSPS) is 12.1. The van der Waals surface area contributed by atoms with E-state index in [0.29, 0.717) is 11.3 Å². The summed E-state index contributed by atoms with van der Waals surface area (Å²) in [5.74, 6) is 0. The van der Waals surface area contributed by atoms with Crippen molar-refractivity contribution in [1.29, 1.82) is 0 Å². The van der Waals surface area contributed by atoms with E-state index in [-0.39, 0.29) is 0 Å². The summed E-state index contributed by atoms with van der Waals surface area (Å²) in [6, 6.07) is 0. The lowest BCUT2D eigenvalue weighted by Gasteiger charge is -2.01. The van der Waals surface area contributed by atoms with Crippen LogP contribution >= 0.6 is 11.6 Å². The summed E-state index contributed by atoms with van der Waals surface area (Å²) in [7, 11) is 3.75. The second kappa shape index (κ2) is 5.06. The molecule has 0 N–H and O–H groups in total. The topological polar surface area (TPSA) is 20.3 Å². The van der Waals surface area contributed by atoms with Crippen LogP contribution < -0.4 is 0 Å². The molecule has 0 rings (SSSR count). The van der Waals surface area contributed by atoms with Crippen molar-refractivity contribution in [3.63, 3.8) is 0 Å². The van der Waals surface area contributed by atoms with Crippen LogP contribution in [0.1, 0.15) is 0 Å². The van der Waals surface area contributed by atoms with Crippen LogP contribution in [0.4, 0.5) is 0 Å². The van der Waals surface area contributed by atoms with Gasteiger partial charge in [-0.1, -0.05) is 11.6 Å². The lowest BCUT2D eigenvalue weighted by atomic mass is 10.5. The minimum atomic E-state index is 0.434. The molecule has 0 aromatic carbocycles. The average molecular weight is 160 g/mol. The minimum absolute atomic E-state index is 0.434. The molecule has 3 heteroatoms. The van der Waals surface area contributed by atoms with Gasteiger partial charge < -0.3 is 4.90 Å². The summed E-state index contributed by atoms with van der Waals surface area (Å²) in [5.41, 5.74) is 0. The summed E-state index contributed by atoms with van der Waals surface area (Å²) in [6.45, 7) is 0. The van der Waals surface area contributed by atoms with Crippen molar-refractivity contribution < 1.29 is 4.79 Å². The molecule has 56 valence electrons. The highest BCUT2D eigenvalue weighted by atomic mass is 35.5. The molecular weight excluding hydrogens is 150 g/mol. The number of carbonyl (C=O) groups is 1. The molecule has 0 aliphatic rings. The van der Waals surface area contributed by atoms with Gasteiger partial charge in [0.1, 0.15) is 6.29 Å². The van der Waals surface area contributed by atoms with E-state index in [9.17, 15) is 4.79 Å². The molecule has 0 aromatic heterocycles. The Morgan fingerprint density at radius 2 is 2.10 bits per heavy atom. The molecule has 0 amide bonds. The lowest BCUT2D eigenvalue weighted by Crippen LogP contribution is -1.99. The Hall–Kier alpha value is -0.760. The molecule has 0 aromatic rings. The van der Waals surface area contributed by atoms with Gasteiger partial charge in [0.2, 0.25) is 0 Å². The number of hydrogen-bond acceptors (Lipinski definition) is 2. The van der Waals surface area contributed by atoms with Crippen molar-refractivity contribution in [2.24, 2.45) is 0 Å². The van der Waals surface area contributed by atoms with Crippen molar-refractivity contribution in [2.45, 2.75) is 0 Å². The molecule has 0 spiro atoms. The predicted octanol–water partition coefficient (Wildman–Crippen LogP) is 1.38. The SMILES string of the molecule is CN(C)/C=C/C(Cl)=C/C=O. The maximum absolute atomic E-state index is 9.85. The zero-order valence-corrected chi connectivity index (χ0v) is 6.80. The van der Waals surface area contributed by atoms with E-state index in [4.69, 9.17) is 11.6 Å². The highest BCUT2D eigenvalue weighted by Gasteiger charge is 1.81. The molecule has 0 saturated carbocycles. The van der Waals surface area contributed by atoms with Crippen molar-refractivity contribution in [3.05, 3.63) is 23.4 Å². The predicted molar refractivity (Wildman–Crippen MR) is 42.8 cm³/mol. The molecule has 0 atom stereocenters. The fourth-order valence-electron chi connectivity index (χ4n) is 0.341. The highest BCUT2D eigenvalue weighted by molar-refractivity contribution is 6.32. The average Bonchev–Trinajstić information content (AvgIpc) is 1.85. The van der Waals surface area contributed by atoms with Crippen LogP contribution in [0.2, 0.25) is 0 Å². The van der Waals surface area contributed by atoms with Crippen molar-refractivity contribution in [1.82, 2.24) is 4.90 Å². The van der Waals surface area contributed by atoms with Crippen molar-refractivity contribution in [2.75, 3.05) is 14.1 Å². The molecule has 0 unspecified atom stereocenters. The molecule has 10 heavy (non-hydrogen) atoms. The van der Waals surface area contributed by atoms with Gasteiger partial charge >= 0.3 is 0 Å². The van der Waals surface area contributed by atoms with E-state index in [1.54, 1.807) is 12.3 Å². The first-order valence-electron chi connectivity index (χ1n) is 2.82. The van der Waals surface area contributed by atoms with Gasteiger partial charge in [-0.3, -0.25) is 4.79 Å². The van der Waals surface area contributed by atoms with Crippen LogP contribution in [-0.4, -0.2) is 25.3 Å². The van der Waals surface area contributed by atoms with Crippen molar-refractivity contribution in [3.8, 4) is 0 Å². The Balaban J connectivity index is 3.88. The Kier molecular flexibility index (Phi) is 4.67. The van der Waals surface area contributed by atoms with Gasteiger partial charge in [0.25, 0.3) is 0 Å². The van der Waals surface area contributed by atoms with Gasteiger partial charge in [0.15, 0.2) is 0 Å². The largest absolute Gasteiger partial charge is 0.383 e. The van der Waals surface area contributed by atoms with Crippen molar-refractivity contribution >= 4 is 17.9 Å². The summed E-state index contributed by atoms with van der Waals surface area (Å²) < 4.78 is 0. The van der Waals surface area contributed by atoms with Crippen LogP contribution in [0.3, 0.4) is 0 Å². The molecule has 0 fully saturated rings. The molecule has 2 nitrogen and oxygen atoms in total. The second-order valence-corrected chi connectivity index (χ2v) is 2.40. The van der Waals surface area contributed by atoms with Crippen LogP contribution in [-0.2, 0) is 4.79 Å².